The number of hydrogen-bond donors (Lipinski definition) is 0. The first-order valence-corrected chi connectivity index (χ1v) is 9.66. The van der Waals surface area contributed by atoms with Gasteiger partial charge in [-0.3, -0.25) is 4.79 Å². The minimum Gasteiger partial charge on any atom is -0.486 e. The summed E-state index contributed by atoms with van der Waals surface area (Å²) in [6, 6.07) is 13.1. The predicted octanol–water partition coefficient (Wildman–Crippen LogP) is 4.15. The van der Waals surface area contributed by atoms with Crippen molar-refractivity contribution >= 4 is 38.4 Å². The maximum Gasteiger partial charge on any atom is 0.315 e. The third kappa shape index (κ3) is 2.80. The van der Waals surface area contributed by atoms with Crippen LogP contribution in [0.3, 0.4) is 0 Å². The van der Waals surface area contributed by atoms with Gasteiger partial charge in [0.25, 0.3) is 0 Å². The average molecular weight is 392 g/mol. The Kier molecular flexibility index (Phi) is 4.02. The molecule has 2 aromatic heterocycles. The molecule has 0 N–H and O–H groups in total. The number of furan rings is 1. The van der Waals surface area contributed by atoms with Gasteiger partial charge in [-0.05, 0) is 12.1 Å². The number of ether oxygens (including phenoxy) is 2. The van der Waals surface area contributed by atoms with Gasteiger partial charge in [0.05, 0.1) is 10.2 Å². The number of nitrogens with zero attached hydrogens (tertiary/aromatic N) is 2. The van der Waals surface area contributed by atoms with Crippen LogP contribution < -0.4 is 14.3 Å². The first-order chi connectivity index (χ1) is 13.7. The number of para-hydroxylation sites is 1. The van der Waals surface area contributed by atoms with Gasteiger partial charge in [0, 0.05) is 24.1 Å². The van der Waals surface area contributed by atoms with E-state index in [9.17, 15) is 4.79 Å². The quantitative estimate of drug-likeness (QED) is 0.492. The molecule has 1 aliphatic heterocycles. The molecule has 0 radical (unpaired) electrons. The van der Waals surface area contributed by atoms with Crippen LogP contribution in [0, 0.1) is 0 Å². The van der Waals surface area contributed by atoms with Gasteiger partial charge >= 0.3 is 5.91 Å². The maximum atomic E-state index is 12.7. The molecule has 3 heterocycles. The summed E-state index contributed by atoms with van der Waals surface area (Å²) < 4.78 is 19.9. The summed E-state index contributed by atoms with van der Waals surface area (Å²) in [6.45, 7) is 5.39. The minimum absolute atomic E-state index is 0.217. The van der Waals surface area contributed by atoms with E-state index < -0.39 is 5.91 Å². The van der Waals surface area contributed by atoms with Crippen LogP contribution in [-0.4, -0.2) is 23.7 Å². The van der Waals surface area contributed by atoms with Gasteiger partial charge in [0.1, 0.15) is 18.8 Å². The van der Waals surface area contributed by atoms with E-state index in [0.717, 1.165) is 15.6 Å². The number of carbonyl (C=O) groups excluding carboxylic acids is 1. The van der Waals surface area contributed by atoms with Crippen LogP contribution in [0.15, 0.2) is 64.5 Å². The lowest BCUT2D eigenvalue weighted by Crippen LogP contribution is -2.17. The molecule has 0 atom stereocenters. The Morgan fingerprint density at radius 1 is 1.18 bits per heavy atom. The van der Waals surface area contributed by atoms with Crippen LogP contribution in [0.2, 0.25) is 0 Å². The standard InChI is InChI=1S/C21H16N2O4S/c1-2-7-23-14-11-16-17(26-9-8-25-16)12-19(14)28-21(23)22-20(24)18-10-13-5-3-4-6-15(13)27-18/h2-6,10-12H,1,7-9H2. The Labute approximate surface area is 163 Å². The summed E-state index contributed by atoms with van der Waals surface area (Å²) in [6.07, 6.45) is 1.77. The van der Waals surface area contributed by atoms with Gasteiger partial charge in [-0.2, -0.15) is 4.99 Å². The van der Waals surface area contributed by atoms with Crippen molar-refractivity contribution < 1.29 is 18.7 Å². The highest BCUT2D eigenvalue weighted by atomic mass is 32.1. The van der Waals surface area contributed by atoms with Crippen molar-refractivity contribution in [1.29, 1.82) is 0 Å². The fourth-order valence-electron chi connectivity index (χ4n) is 3.23. The molecule has 0 aliphatic carbocycles. The molecule has 0 spiro atoms. The maximum absolute atomic E-state index is 12.7. The van der Waals surface area contributed by atoms with E-state index in [1.165, 1.54) is 11.3 Å². The smallest absolute Gasteiger partial charge is 0.315 e. The zero-order valence-electron chi connectivity index (χ0n) is 14.9. The SMILES string of the molecule is C=CCn1c(=NC(=O)c2cc3ccccc3o2)sc2cc3c(cc21)OCCO3. The lowest BCUT2D eigenvalue weighted by atomic mass is 10.2. The molecule has 4 aromatic rings. The molecule has 0 saturated heterocycles. The van der Waals surface area contributed by atoms with Crippen molar-refractivity contribution in [2.75, 3.05) is 13.2 Å². The number of amides is 1. The van der Waals surface area contributed by atoms with Gasteiger partial charge in [0.15, 0.2) is 22.1 Å². The lowest BCUT2D eigenvalue weighted by Gasteiger charge is -2.18. The van der Waals surface area contributed by atoms with Crippen molar-refractivity contribution in [3.05, 3.63) is 65.7 Å². The molecule has 0 fully saturated rings. The first kappa shape index (κ1) is 16.8. The molecule has 2 aromatic carbocycles. The van der Waals surface area contributed by atoms with Crippen molar-refractivity contribution in [3.63, 3.8) is 0 Å². The van der Waals surface area contributed by atoms with E-state index in [0.29, 0.717) is 41.6 Å². The molecule has 0 unspecified atom stereocenters. The highest BCUT2D eigenvalue weighted by Crippen LogP contribution is 2.35. The summed E-state index contributed by atoms with van der Waals surface area (Å²) in [4.78, 5) is 17.6. The van der Waals surface area contributed by atoms with Crippen molar-refractivity contribution in [2.45, 2.75) is 6.54 Å². The highest BCUT2D eigenvalue weighted by molar-refractivity contribution is 7.16. The summed E-state index contributed by atoms with van der Waals surface area (Å²) in [5.41, 5.74) is 1.59. The number of carbonyl (C=O) groups is 1. The Morgan fingerprint density at radius 3 is 2.75 bits per heavy atom. The Balaban J connectivity index is 1.64. The van der Waals surface area contributed by atoms with E-state index in [4.69, 9.17) is 13.9 Å². The third-order valence-corrected chi connectivity index (χ3v) is 5.53. The van der Waals surface area contributed by atoms with Gasteiger partial charge in [0.2, 0.25) is 0 Å². The molecule has 1 aliphatic rings. The Bertz CT molecular complexity index is 1260. The Hall–Kier alpha value is -3.32. The lowest BCUT2D eigenvalue weighted by molar-refractivity contribution is 0.0973. The van der Waals surface area contributed by atoms with Crippen LogP contribution in [-0.2, 0) is 6.54 Å². The predicted molar refractivity (Wildman–Crippen MR) is 107 cm³/mol. The molecule has 5 rings (SSSR count). The van der Waals surface area contributed by atoms with Crippen molar-refractivity contribution in [2.24, 2.45) is 4.99 Å². The third-order valence-electron chi connectivity index (χ3n) is 4.49. The highest BCUT2D eigenvalue weighted by Gasteiger charge is 2.17. The van der Waals surface area contributed by atoms with Crippen LogP contribution in [0.5, 0.6) is 11.5 Å². The molecule has 6 nitrogen and oxygen atoms in total. The molecule has 0 bridgehead atoms. The molecule has 140 valence electrons. The number of benzene rings is 2. The van der Waals surface area contributed by atoms with E-state index in [1.807, 2.05) is 41.0 Å². The van der Waals surface area contributed by atoms with Gasteiger partial charge in [-0.1, -0.05) is 35.6 Å². The largest absolute Gasteiger partial charge is 0.486 e. The summed E-state index contributed by atoms with van der Waals surface area (Å²) in [5.74, 6) is 1.21. The number of rotatable bonds is 3. The topological polar surface area (TPSA) is 66.0 Å². The molecule has 1 amide bonds. The second-order valence-corrected chi connectivity index (χ2v) is 7.32. The second-order valence-electron chi connectivity index (χ2n) is 6.31. The van der Waals surface area contributed by atoms with Gasteiger partial charge < -0.3 is 18.5 Å². The van der Waals surface area contributed by atoms with E-state index in [2.05, 4.69) is 11.6 Å². The monoisotopic (exact) mass is 392 g/mol. The van der Waals surface area contributed by atoms with Crippen molar-refractivity contribution in [3.8, 4) is 11.5 Å². The van der Waals surface area contributed by atoms with E-state index in [-0.39, 0.29) is 5.76 Å². The molecular weight excluding hydrogens is 376 g/mol. The number of thiazole rings is 1. The van der Waals surface area contributed by atoms with Gasteiger partial charge in [-0.15, -0.1) is 6.58 Å². The average Bonchev–Trinajstić information content (AvgIpc) is 3.28. The number of allylic oxidation sites excluding steroid dienone is 1. The summed E-state index contributed by atoms with van der Waals surface area (Å²) in [7, 11) is 0. The Morgan fingerprint density at radius 2 is 1.96 bits per heavy atom. The van der Waals surface area contributed by atoms with Crippen LogP contribution >= 0.6 is 11.3 Å². The molecular formula is C21H16N2O4S. The van der Waals surface area contributed by atoms with Gasteiger partial charge in [-0.25, -0.2) is 0 Å². The fraction of sp³-hybridized carbons (Fsp3) is 0.143. The first-order valence-electron chi connectivity index (χ1n) is 8.84. The summed E-state index contributed by atoms with van der Waals surface area (Å²) in [5, 5.41) is 0.873. The number of aromatic nitrogens is 1. The number of fused-ring (bicyclic) bond motifs is 3. The molecule has 28 heavy (non-hydrogen) atoms. The van der Waals surface area contributed by atoms with Crippen LogP contribution in [0.4, 0.5) is 0 Å². The normalized spacial score (nSPS) is 13.9. The zero-order valence-corrected chi connectivity index (χ0v) is 15.7. The van der Waals surface area contributed by atoms with E-state index in [1.54, 1.807) is 12.1 Å². The second kappa shape index (κ2) is 6.69. The fourth-order valence-corrected chi connectivity index (χ4v) is 4.27. The molecule has 7 heteroatoms. The van der Waals surface area contributed by atoms with Crippen molar-refractivity contribution in [1.82, 2.24) is 4.57 Å². The molecule has 0 saturated carbocycles. The van der Waals surface area contributed by atoms with Crippen LogP contribution in [0.1, 0.15) is 10.6 Å². The zero-order chi connectivity index (χ0) is 19.1. The summed E-state index contributed by atoms with van der Waals surface area (Å²) >= 11 is 1.42. The minimum atomic E-state index is -0.419. The number of hydrogen-bond acceptors (Lipinski definition) is 5. The van der Waals surface area contributed by atoms with E-state index >= 15 is 0 Å². The van der Waals surface area contributed by atoms with Crippen LogP contribution in [0.25, 0.3) is 21.2 Å².